The molecule has 0 fully saturated rings. The Morgan fingerprint density at radius 3 is 2.56 bits per heavy atom. The third-order valence-corrected chi connectivity index (χ3v) is 2.65. The van der Waals surface area contributed by atoms with Crippen LogP contribution in [-0.4, -0.2) is 24.4 Å². The summed E-state index contributed by atoms with van der Waals surface area (Å²) in [5.41, 5.74) is 6.03. The fourth-order valence-electron chi connectivity index (χ4n) is 1.48. The minimum absolute atomic E-state index is 0.180. The van der Waals surface area contributed by atoms with Gasteiger partial charge >= 0.3 is 0 Å². The first-order valence-electron chi connectivity index (χ1n) is 5.14. The number of aromatic nitrogens is 2. The van der Waals surface area contributed by atoms with E-state index in [4.69, 9.17) is 31.3 Å². The number of halogens is 1. The lowest BCUT2D eigenvalue weighted by molar-refractivity contribution is 0.379. The van der Waals surface area contributed by atoms with E-state index >= 15 is 0 Å². The molecule has 0 aliphatic carbocycles. The Balaban J connectivity index is 2.52. The second-order valence-corrected chi connectivity index (χ2v) is 3.81. The first-order chi connectivity index (χ1) is 8.69. The van der Waals surface area contributed by atoms with E-state index in [0.717, 1.165) is 0 Å². The van der Waals surface area contributed by atoms with Gasteiger partial charge in [0.2, 0.25) is 11.7 Å². The van der Waals surface area contributed by atoms with Gasteiger partial charge in [0, 0.05) is 6.07 Å². The molecule has 2 rings (SSSR count). The van der Waals surface area contributed by atoms with Crippen molar-refractivity contribution in [3.63, 3.8) is 0 Å². The van der Waals surface area contributed by atoms with Gasteiger partial charge in [0.15, 0.2) is 0 Å². The summed E-state index contributed by atoms with van der Waals surface area (Å²) in [6, 6.07) is 3.32. The Morgan fingerprint density at radius 2 is 2.00 bits per heavy atom. The van der Waals surface area contributed by atoms with Gasteiger partial charge in [0.1, 0.15) is 11.5 Å². The number of nitrogens with two attached hydrogens (primary N) is 1. The Morgan fingerprint density at radius 1 is 1.28 bits per heavy atom. The van der Waals surface area contributed by atoms with Gasteiger partial charge in [-0.15, -0.1) is 0 Å². The SMILES string of the molecule is COc1cc(OC)c(-c2noc(CN)n2)cc1Cl. The molecule has 0 saturated carbocycles. The highest BCUT2D eigenvalue weighted by Gasteiger charge is 2.16. The summed E-state index contributed by atoms with van der Waals surface area (Å²) in [7, 11) is 3.07. The maximum absolute atomic E-state index is 6.06. The maximum atomic E-state index is 6.06. The van der Waals surface area contributed by atoms with Crippen molar-refractivity contribution in [2.45, 2.75) is 6.54 Å². The zero-order valence-corrected chi connectivity index (χ0v) is 10.7. The van der Waals surface area contributed by atoms with Crippen LogP contribution in [-0.2, 0) is 6.54 Å². The number of hydrogen-bond acceptors (Lipinski definition) is 6. The van der Waals surface area contributed by atoms with Crippen molar-refractivity contribution in [2.75, 3.05) is 14.2 Å². The van der Waals surface area contributed by atoms with Crippen LogP contribution in [0.3, 0.4) is 0 Å². The quantitative estimate of drug-likeness (QED) is 0.912. The van der Waals surface area contributed by atoms with Crippen molar-refractivity contribution < 1.29 is 14.0 Å². The van der Waals surface area contributed by atoms with Crippen LogP contribution in [0, 0.1) is 0 Å². The summed E-state index contributed by atoms with van der Waals surface area (Å²) < 4.78 is 15.3. The molecule has 0 spiro atoms. The van der Waals surface area contributed by atoms with E-state index in [-0.39, 0.29) is 6.54 Å². The van der Waals surface area contributed by atoms with Gasteiger partial charge in [-0.25, -0.2) is 0 Å². The summed E-state index contributed by atoms with van der Waals surface area (Å²) in [6.07, 6.45) is 0. The van der Waals surface area contributed by atoms with Crippen molar-refractivity contribution in [3.8, 4) is 22.9 Å². The van der Waals surface area contributed by atoms with E-state index < -0.39 is 0 Å². The summed E-state index contributed by atoms with van der Waals surface area (Å²) in [4.78, 5) is 4.12. The first kappa shape index (κ1) is 12.7. The highest BCUT2D eigenvalue weighted by atomic mass is 35.5. The molecule has 0 radical (unpaired) electrons. The van der Waals surface area contributed by atoms with E-state index in [0.29, 0.717) is 33.8 Å². The molecule has 1 aromatic heterocycles. The van der Waals surface area contributed by atoms with Crippen LogP contribution < -0.4 is 15.2 Å². The van der Waals surface area contributed by atoms with Crippen molar-refractivity contribution >= 4 is 11.6 Å². The Hall–Kier alpha value is -1.79. The molecule has 96 valence electrons. The predicted molar refractivity (Wildman–Crippen MR) is 65.7 cm³/mol. The molecule has 1 aromatic carbocycles. The van der Waals surface area contributed by atoms with E-state index in [9.17, 15) is 0 Å². The van der Waals surface area contributed by atoms with E-state index in [1.54, 1.807) is 12.1 Å². The summed E-state index contributed by atoms with van der Waals surface area (Å²) >= 11 is 6.06. The standard InChI is InChI=1S/C11H12ClN3O3/c1-16-8-4-9(17-2)7(12)3-6(8)11-14-10(5-13)18-15-11/h3-4H,5,13H2,1-2H3. The lowest BCUT2D eigenvalue weighted by Crippen LogP contribution is -1.96. The van der Waals surface area contributed by atoms with Crippen LogP contribution in [0.25, 0.3) is 11.4 Å². The average Bonchev–Trinajstić information content (AvgIpc) is 2.87. The third kappa shape index (κ3) is 2.25. The minimum atomic E-state index is 0.180. The monoisotopic (exact) mass is 269 g/mol. The van der Waals surface area contributed by atoms with Gasteiger partial charge in [0.25, 0.3) is 0 Å². The zero-order chi connectivity index (χ0) is 13.1. The molecule has 2 N–H and O–H groups in total. The molecule has 0 aliphatic heterocycles. The fourth-order valence-corrected chi connectivity index (χ4v) is 1.72. The fraction of sp³-hybridized carbons (Fsp3) is 0.273. The zero-order valence-electron chi connectivity index (χ0n) is 9.94. The van der Waals surface area contributed by atoms with Crippen molar-refractivity contribution in [1.29, 1.82) is 0 Å². The normalized spacial score (nSPS) is 10.4. The summed E-state index contributed by atoms with van der Waals surface area (Å²) in [6.45, 7) is 0.180. The molecule has 0 saturated heterocycles. The Bertz CT molecular complexity index is 556. The molecule has 0 bridgehead atoms. The van der Waals surface area contributed by atoms with Gasteiger partial charge in [-0.3, -0.25) is 0 Å². The molecule has 0 unspecified atom stereocenters. The molecule has 1 heterocycles. The molecule has 2 aromatic rings. The van der Waals surface area contributed by atoms with Gasteiger partial charge < -0.3 is 19.7 Å². The number of nitrogens with zero attached hydrogens (tertiary/aromatic N) is 2. The van der Waals surface area contributed by atoms with Gasteiger partial charge in [-0.1, -0.05) is 16.8 Å². The number of rotatable bonds is 4. The highest BCUT2D eigenvalue weighted by molar-refractivity contribution is 6.32. The number of methoxy groups -OCH3 is 2. The molecule has 0 aliphatic rings. The molecular weight excluding hydrogens is 258 g/mol. The molecule has 18 heavy (non-hydrogen) atoms. The predicted octanol–water partition coefficient (Wildman–Crippen LogP) is 1.87. The first-order valence-corrected chi connectivity index (χ1v) is 5.52. The summed E-state index contributed by atoms with van der Waals surface area (Å²) in [5.74, 6) is 1.77. The van der Waals surface area contributed by atoms with Gasteiger partial charge in [0.05, 0.1) is 31.4 Å². The van der Waals surface area contributed by atoms with Gasteiger partial charge in [-0.05, 0) is 6.07 Å². The molecule has 0 amide bonds. The van der Waals surface area contributed by atoms with E-state index in [2.05, 4.69) is 10.1 Å². The number of benzene rings is 1. The number of ether oxygens (including phenoxy) is 2. The van der Waals surface area contributed by atoms with Gasteiger partial charge in [-0.2, -0.15) is 4.98 Å². The van der Waals surface area contributed by atoms with Crippen LogP contribution in [0.4, 0.5) is 0 Å². The van der Waals surface area contributed by atoms with Crippen LogP contribution in [0.15, 0.2) is 16.7 Å². The van der Waals surface area contributed by atoms with Crippen LogP contribution >= 0.6 is 11.6 Å². The molecule has 0 atom stereocenters. The maximum Gasteiger partial charge on any atom is 0.240 e. The molecular formula is C11H12ClN3O3. The highest BCUT2D eigenvalue weighted by Crippen LogP contribution is 2.37. The minimum Gasteiger partial charge on any atom is -0.496 e. The third-order valence-electron chi connectivity index (χ3n) is 2.36. The Labute approximate surface area is 109 Å². The molecule has 6 nitrogen and oxygen atoms in total. The van der Waals surface area contributed by atoms with Crippen LogP contribution in [0.2, 0.25) is 5.02 Å². The largest absolute Gasteiger partial charge is 0.496 e. The van der Waals surface area contributed by atoms with E-state index in [1.807, 2.05) is 0 Å². The summed E-state index contributed by atoms with van der Waals surface area (Å²) in [5, 5.41) is 4.25. The van der Waals surface area contributed by atoms with Crippen molar-refractivity contribution in [1.82, 2.24) is 10.1 Å². The van der Waals surface area contributed by atoms with E-state index in [1.165, 1.54) is 14.2 Å². The van der Waals surface area contributed by atoms with Crippen molar-refractivity contribution in [2.24, 2.45) is 5.73 Å². The smallest absolute Gasteiger partial charge is 0.240 e. The molecule has 7 heteroatoms. The van der Waals surface area contributed by atoms with Crippen molar-refractivity contribution in [3.05, 3.63) is 23.0 Å². The van der Waals surface area contributed by atoms with Crippen LogP contribution in [0.5, 0.6) is 11.5 Å². The lowest BCUT2D eigenvalue weighted by Gasteiger charge is -2.09. The lowest BCUT2D eigenvalue weighted by atomic mass is 10.2. The topological polar surface area (TPSA) is 83.4 Å². The average molecular weight is 270 g/mol. The second kappa shape index (κ2) is 5.24. The second-order valence-electron chi connectivity index (χ2n) is 3.40. The Kier molecular flexibility index (Phi) is 3.69. The number of hydrogen-bond donors (Lipinski definition) is 1. The van der Waals surface area contributed by atoms with Crippen LogP contribution in [0.1, 0.15) is 5.89 Å².